The summed E-state index contributed by atoms with van der Waals surface area (Å²) in [4.78, 5) is 0. The topological polar surface area (TPSA) is 26.0 Å². The van der Waals surface area contributed by atoms with Gasteiger partial charge in [0.1, 0.15) is 0 Å². The Kier molecular flexibility index (Phi) is 3.83. The van der Waals surface area contributed by atoms with E-state index in [2.05, 4.69) is 27.0 Å². The standard InChI is InChI=1S/C10H17N/c1-5-7-9(6-2)10(3,4)8-11/h5-7H,1-2,8,11H2,3-4H3/b9-7+. The van der Waals surface area contributed by atoms with Gasteiger partial charge in [-0.15, -0.1) is 0 Å². The molecule has 0 amide bonds. The average molecular weight is 151 g/mol. The van der Waals surface area contributed by atoms with Crippen molar-refractivity contribution in [2.45, 2.75) is 13.8 Å². The van der Waals surface area contributed by atoms with Crippen molar-refractivity contribution in [1.82, 2.24) is 0 Å². The van der Waals surface area contributed by atoms with Gasteiger partial charge in [-0.1, -0.05) is 45.2 Å². The minimum atomic E-state index is 0.00986. The van der Waals surface area contributed by atoms with Crippen LogP contribution in [-0.2, 0) is 0 Å². The third-order valence-corrected chi connectivity index (χ3v) is 1.81. The van der Waals surface area contributed by atoms with Crippen molar-refractivity contribution in [3.8, 4) is 0 Å². The Labute approximate surface area is 69.3 Å². The van der Waals surface area contributed by atoms with Crippen molar-refractivity contribution in [3.05, 3.63) is 37.0 Å². The Morgan fingerprint density at radius 1 is 1.45 bits per heavy atom. The summed E-state index contributed by atoms with van der Waals surface area (Å²) >= 11 is 0. The number of nitrogens with two attached hydrogens (primary N) is 1. The van der Waals surface area contributed by atoms with Crippen LogP contribution in [-0.4, -0.2) is 6.54 Å². The molecule has 0 aliphatic carbocycles. The Morgan fingerprint density at radius 2 is 2.00 bits per heavy atom. The second kappa shape index (κ2) is 4.14. The second-order valence-corrected chi connectivity index (χ2v) is 3.15. The predicted molar refractivity (Wildman–Crippen MR) is 51.3 cm³/mol. The molecule has 0 radical (unpaired) electrons. The van der Waals surface area contributed by atoms with Gasteiger partial charge in [-0.25, -0.2) is 0 Å². The lowest BCUT2D eigenvalue weighted by molar-refractivity contribution is 0.472. The third kappa shape index (κ3) is 2.72. The van der Waals surface area contributed by atoms with Crippen LogP contribution in [0.1, 0.15) is 13.8 Å². The number of rotatable bonds is 4. The van der Waals surface area contributed by atoms with Crippen LogP contribution in [0, 0.1) is 5.41 Å². The molecule has 0 spiro atoms. The molecule has 0 saturated carbocycles. The number of hydrogen-bond donors (Lipinski definition) is 1. The van der Waals surface area contributed by atoms with Gasteiger partial charge < -0.3 is 5.73 Å². The first-order chi connectivity index (χ1) is 5.08. The molecule has 0 saturated heterocycles. The van der Waals surface area contributed by atoms with E-state index in [1.165, 1.54) is 0 Å². The Morgan fingerprint density at radius 3 is 2.27 bits per heavy atom. The van der Waals surface area contributed by atoms with Gasteiger partial charge in [0.25, 0.3) is 0 Å². The minimum absolute atomic E-state index is 0.00986. The van der Waals surface area contributed by atoms with E-state index in [0.717, 1.165) is 5.57 Å². The maximum atomic E-state index is 5.59. The van der Waals surface area contributed by atoms with Gasteiger partial charge in [0.15, 0.2) is 0 Å². The number of allylic oxidation sites excluding steroid dienone is 3. The van der Waals surface area contributed by atoms with E-state index in [0.29, 0.717) is 6.54 Å². The monoisotopic (exact) mass is 151 g/mol. The molecule has 62 valence electrons. The van der Waals surface area contributed by atoms with Crippen molar-refractivity contribution < 1.29 is 0 Å². The van der Waals surface area contributed by atoms with Gasteiger partial charge in [0, 0.05) is 12.0 Å². The maximum Gasteiger partial charge on any atom is 0.00188 e. The van der Waals surface area contributed by atoms with Crippen molar-refractivity contribution in [2.75, 3.05) is 6.54 Å². The molecule has 1 heteroatoms. The van der Waals surface area contributed by atoms with E-state index in [9.17, 15) is 0 Å². The fourth-order valence-electron chi connectivity index (χ4n) is 0.815. The van der Waals surface area contributed by atoms with E-state index >= 15 is 0 Å². The molecule has 0 bridgehead atoms. The van der Waals surface area contributed by atoms with Gasteiger partial charge in [0.2, 0.25) is 0 Å². The fourth-order valence-corrected chi connectivity index (χ4v) is 0.815. The van der Waals surface area contributed by atoms with E-state index in [4.69, 9.17) is 5.73 Å². The molecule has 0 fully saturated rings. The summed E-state index contributed by atoms with van der Waals surface area (Å²) in [5, 5.41) is 0. The van der Waals surface area contributed by atoms with Crippen LogP contribution in [0.3, 0.4) is 0 Å². The average Bonchev–Trinajstić information content (AvgIpc) is 2.00. The molecule has 1 nitrogen and oxygen atoms in total. The molecular weight excluding hydrogens is 134 g/mol. The molecule has 0 heterocycles. The lowest BCUT2D eigenvalue weighted by atomic mass is 9.84. The predicted octanol–water partition coefficient (Wildman–Crippen LogP) is 2.27. The molecule has 0 unspecified atom stereocenters. The molecule has 0 atom stereocenters. The first-order valence-electron chi connectivity index (χ1n) is 3.74. The lowest BCUT2D eigenvalue weighted by Crippen LogP contribution is -2.24. The number of hydrogen-bond acceptors (Lipinski definition) is 1. The summed E-state index contributed by atoms with van der Waals surface area (Å²) in [7, 11) is 0. The van der Waals surface area contributed by atoms with Crippen molar-refractivity contribution in [1.29, 1.82) is 0 Å². The highest BCUT2D eigenvalue weighted by Crippen LogP contribution is 2.25. The maximum absolute atomic E-state index is 5.59. The first-order valence-corrected chi connectivity index (χ1v) is 3.74. The van der Waals surface area contributed by atoms with Gasteiger partial charge in [0.05, 0.1) is 0 Å². The zero-order chi connectivity index (χ0) is 8.91. The molecule has 0 aromatic rings. The zero-order valence-electron chi connectivity index (χ0n) is 7.43. The van der Waals surface area contributed by atoms with Crippen LogP contribution in [0.5, 0.6) is 0 Å². The quantitative estimate of drug-likeness (QED) is 0.613. The normalized spacial score (nSPS) is 12.8. The summed E-state index contributed by atoms with van der Waals surface area (Å²) in [6, 6.07) is 0. The molecular formula is C10H17N. The van der Waals surface area contributed by atoms with E-state index in [1.54, 1.807) is 6.08 Å². The van der Waals surface area contributed by atoms with E-state index < -0.39 is 0 Å². The molecule has 0 aliphatic rings. The lowest BCUT2D eigenvalue weighted by Gasteiger charge is -2.23. The molecule has 2 N–H and O–H groups in total. The van der Waals surface area contributed by atoms with Crippen LogP contribution in [0.25, 0.3) is 0 Å². The van der Waals surface area contributed by atoms with E-state index in [1.807, 2.05) is 12.2 Å². The summed E-state index contributed by atoms with van der Waals surface area (Å²) in [5.74, 6) is 0. The molecule has 0 aromatic heterocycles. The van der Waals surface area contributed by atoms with Crippen molar-refractivity contribution in [3.63, 3.8) is 0 Å². The van der Waals surface area contributed by atoms with Crippen molar-refractivity contribution >= 4 is 0 Å². The molecule has 0 rings (SSSR count). The van der Waals surface area contributed by atoms with E-state index in [-0.39, 0.29) is 5.41 Å². The van der Waals surface area contributed by atoms with Crippen LogP contribution in [0.15, 0.2) is 37.0 Å². The Hall–Kier alpha value is -0.820. The minimum Gasteiger partial charge on any atom is -0.330 e. The SMILES string of the molecule is C=C/C=C(\C=C)C(C)(C)CN. The molecule has 11 heavy (non-hydrogen) atoms. The van der Waals surface area contributed by atoms with Crippen LogP contribution in [0.2, 0.25) is 0 Å². The van der Waals surface area contributed by atoms with Crippen LogP contribution < -0.4 is 5.73 Å². The van der Waals surface area contributed by atoms with Gasteiger partial charge >= 0.3 is 0 Å². The van der Waals surface area contributed by atoms with Crippen LogP contribution >= 0.6 is 0 Å². The highest BCUT2D eigenvalue weighted by Gasteiger charge is 2.17. The van der Waals surface area contributed by atoms with Gasteiger partial charge in [-0.2, -0.15) is 0 Å². The van der Waals surface area contributed by atoms with Gasteiger partial charge in [-0.3, -0.25) is 0 Å². The van der Waals surface area contributed by atoms with Gasteiger partial charge in [-0.05, 0) is 5.57 Å². The molecule has 0 aromatic carbocycles. The second-order valence-electron chi connectivity index (χ2n) is 3.15. The smallest absolute Gasteiger partial charge is 0.00188 e. The summed E-state index contributed by atoms with van der Waals surface area (Å²) in [6.07, 6.45) is 5.53. The van der Waals surface area contributed by atoms with Crippen LogP contribution in [0.4, 0.5) is 0 Å². The third-order valence-electron chi connectivity index (χ3n) is 1.81. The Balaban J connectivity index is 4.62. The summed E-state index contributed by atoms with van der Waals surface area (Å²) < 4.78 is 0. The summed E-state index contributed by atoms with van der Waals surface area (Å²) in [5.41, 5.74) is 6.73. The molecule has 0 aliphatic heterocycles. The largest absolute Gasteiger partial charge is 0.330 e. The summed E-state index contributed by atoms with van der Waals surface area (Å²) in [6.45, 7) is 12.2. The highest BCUT2D eigenvalue weighted by atomic mass is 14.6. The fraction of sp³-hybridized carbons (Fsp3) is 0.400. The Bertz CT molecular complexity index is 175. The highest BCUT2D eigenvalue weighted by molar-refractivity contribution is 5.27. The zero-order valence-corrected chi connectivity index (χ0v) is 7.43. The first kappa shape index (κ1) is 10.2. The van der Waals surface area contributed by atoms with Crippen molar-refractivity contribution in [2.24, 2.45) is 11.1 Å².